The molecular formula is C16H26BrN3S. The van der Waals surface area contributed by atoms with Gasteiger partial charge in [-0.2, -0.15) is 0 Å². The van der Waals surface area contributed by atoms with Crippen LogP contribution in [0.25, 0.3) is 0 Å². The first kappa shape index (κ1) is 15.9. The molecule has 0 radical (unpaired) electrons. The molecule has 2 N–H and O–H groups in total. The summed E-state index contributed by atoms with van der Waals surface area (Å²) >= 11 is 5.42. The van der Waals surface area contributed by atoms with Crippen LogP contribution in [0.4, 0.5) is 0 Å². The third-order valence-corrected chi connectivity index (χ3v) is 6.53. The summed E-state index contributed by atoms with van der Waals surface area (Å²) < 4.78 is 1.18. The number of rotatable bonds is 6. The molecule has 0 amide bonds. The highest BCUT2D eigenvalue weighted by molar-refractivity contribution is 9.10. The number of nitrogens with zero attached hydrogens (tertiary/aromatic N) is 2. The molecule has 118 valence electrons. The SMILES string of the molecule is CCC(N)C(c1cc(Br)cs1)N1CCN(CC2CC2)CC1. The molecule has 3 nitrogen and oxygen atoms in total. The second-order valence-corrected chi connectivity index (χ2v) is 8.32. The molecule has 21 heavy (non-hydrogen) atoms. The lowest BCUT2D eigenvalue weighted by Gasteiger charge is -2.41. The quantitative estimate of drug-likeness (QED) is 0.832. The van der Waals surface area contributed by atoms with Crippen LogP contribution >= 0.6 is 27.3 Å². The first-order valence-electron chi connectivity index (χ1n) is 8.13. The lowest BCUT2D eigenvalue weighted by molar-refractivity contribution is 0.0826. The van der Waals surface area contributed by atoms with Gasteiger partial charge >= 0.3 is 0 Å². The Labute approximate surface area is 140 Å². The molecule has 1 aromatic rings. The summed E-state index contributed by atoms with van der Waals surface area (Å²) in [6, 6.07) is 2.86. The summed E-state index contributed by atoms with van der Waals surface area (Å²) in [6.45, 7) is 8.24. The molecule has 5 heteroatoms. The van der Waals surface area contributed by atoms with Gasteiger partial charge in [-0.25, -0.2) is 0 Å². The van der Waals surface area contributed by atoms with Crippen molar-refractivity contribution >= 4 is 27.3 Å². The van der Waals surface area contributed by atoms with Gasteiger partial charge in [0, 0.05) is 53.5 Å². The fourth-order valence-electron chi connectivity index (χ4n) is 3.26. The zero-order chi connectivity index (χ0) is 14.8. The van der Waals surface area contributed by atoms with Crippen molar-refractivity contribution in [3.63, 3.8) is 0 Å². The number of halogens is 1. The largest absolute Gasteiger partial charge is 0.326 e. The normalized spacial score (nSPS) is 24.1. The summed E-state index contributed by atoms with van der Waals surface area (Å²) in [5.41, 5.74) is 6.45. The molecule has 0 bridgehead atoms. The smallest absolute Gasteiger partial charge is 0.0594 e. The van der Waals surface area contributed by atoms with E-state index in [1.54, 1.807) is 0 Å². The van der Waals surface area contributed by atoms with Crippen LogP contribution in [0.15, 0.2) is 15.9 Å². The Morgan fingerprint density at radius 2 is 2.05 bits per heavy atom. The van der Waals surface area contributed by atoms with Crippen LogP contribution in [0.5, 0.6) is 0 Å². The van der Waals surface area contributed by atoms with E-state index in [4.69, 9.17) is 5.73 Å². The number of hydrogen-bond donors (Lipinski definition) is 1. The highest BCUT2D eigenvalue weighted by Crippen LogP contribution is 2.34. The minimum Gasteiger partial charge on any atom is -0.326 e. The highest BCUT2D eigenvalue weighted by atomic mass is 79.9. The van der Waals surface area contributed by atoms with Crippen LogP contribution in [-0.2, 0) is 0 Å². The van der Waals surface area contributed by atoms with Crippen molar-refractivity contribution in [2.45, 2.75) is 38.3 Å². The van der Waals surface area contributed by atoms with Crippen LogP contribution in [0.3, 0.4) is 0 Å². The van der Waals surface area contributed by atoms with Gasteiger partial charge in [-0.05, 0) is 47.2 Å². The van der Waals surface area contributed by atoms with Crippen LogP contribution in [-0.4, -0.2) is 48.6 Å². The van der Waals surface area contributed by atoms with E-state index in [0.717, 1.165) is 25.4 Å². The van der Waals surface area contributed by atoms with E-state index in [0.29, 0.717) is 6.04 Å². The zero-order valence-electron chi connectivity index (χ0n) is 12.8. The molecule has 2 unspecified atom stereocenters. The second-order valence-electron chi connectivity index (χ2n) is 6.46. The standard InChI is InChI=1S/C16H26BrN3S/c1-2-14(18)16(15-9-13(17)11-21-15)20-7-5-19(6-8-20)10-12-3-4-12/h9,11-12,14,16H,2-8,10,18H2,1H3. The minimum absolute atomic E-state index is 0.227. The molecule has 3 rings (SSSR count). The maximum absolute atomic E-state index is 6.45. The van der Waals surface area contributed by atoms with Gasteiger partial charge in [0.2, 0.25) is 0 Å². The maximum Gasteiger partial charge on any atom is 0.0594 e. The van der Waals surface area contributed by atoms with Crippen molar-refractivity contribution < 1.29 is 0 Å². The van der Waals surface area contributed by atoms with Gasteiger partial charge in [0.1, 0.15) is 0 Å². The van der Waals surface area contributed by atoms with E-state index in [1.165, 1.54) is 41.8 Å². The second kappa shape index (κ2) is 7.09. The van der Waals surface area contributed by atoms with Gasteiger partial charge in [0.25, 0.3) is 0 Å². The number of hydrogen-bond acceptors (Lipinski definition) is 4. The van der Waals surface area contributed by atoms with Crippen LogP contribution in [0.2, 0.25) is 0 Å². The monoisotopic (exact) mass is 371 g/mol. The molecule has 0 aromatic carbocycles. The van der Waals surface area contributed by atoms with Crippen molar-refractivity contribution in [2.75, 3.05) is 32.7 Å². The van der Waals surface area contributed by atoms with E-state index in [2.05, 4.69) is 44.1 Å². The molecule has 2 atom stereocenters. The molecule has 2 aliphatic rings. The Morgan fingerprint density at radius 1 is 1.33 bits per heavy atom. The third kappa shape index (κ3) is 4.08. The minimum atomic E-state index is 0.227. The third-order valence-electron chi connectivity index (χ3n) is 4.77. The van der Waals surface area contributed by atoms with Gasteiger partial charge in [-0.1, -0.05) is 6.92 Å². The summed E-state index contributed by atoms with van der Waals surface area (Å²) in [4.78, 5) is 6.66. The van der Waals surface area contributed by atoms with Crippen LogP contribution in [0, 0.1) is 5.92 Å². The molecule has 2 fully saturated rings. The fourth-order valence-corrected chi connectivity index (χ4v) is 4.91. The highest BCUT2D eigenvalue weighted by Gasteiger charge is 2.31. The molecular weight excluding hydrogens is 346 g/mol. The van der Waals surface area contributed by atoms with Crippen molar-refractivity contribution in [3.05, 3.63) is 20.8 Å². The summed E-state index contributed by atoms with van der Waals surface area (Å²) in [6.07, 6.45) is 3.93. The Balaban J connectivity index is 1.63. The van der Waals surface area contributed by atoms with Crippen molar-refractivity contribution in [3.8, 4) is 0 Å². The summed E-state index contributed by atoms with van der Waals surface area (Å²) in [7, 11) is 0. The Hall–Kier alpha value is 0.0600. The summed E-state index contributed by atoms with van der Waals surface area (Å²) in [5, 5.41) is 2.17. The zero-order valence-corrected chi connectivity index (χ0v) is 15.2. The first-order valence-corrected chi connectivity index (χ1v) is 9.80. The predicted molar refractivity (Wildman–Crippen MR) is 93.8 cm³/mol. The number of piperazine rings is 1. The molecule has 1 aliphatic carbocycles. The molecule has 1 aromatic heterocycles. The fraction of sp³-hybridized carbons (Fsp3) is 0.750. The van der Waals surface area contributed by atoms with Gasteiger partial charge in [0.15, 0.2) is 0 Å². The Bertz CT molecular complexity index is 452. The Kier molecular flexibility index (Phi) is 5.38. The van der Waals surface area contributed by atoms with Crippen molar-refractivity contribution in [2.24, 2.45) is 11.7 Å². The lowest BCUT2D eigenvalue weighted by Crippen LogP contribution is -2.51. The maximum atomic E-state index is 6.45. The number of nitrogens with two attached hydrogens (primary N) is 1. The lowest BCUT2D eigenvalue weighted by atomic mass is 10.0. The van der Waals surface area contributed by atoms with Crippen LogP contribution in [0.1, 0.15) is 37.1 Å². The van der Waals surface area contributed by atoms with Crippen molar-refractivity contribution in [1.29, 1.82) is 0 Å². The van der Waals surface area contributed by atoms with Gasteiger partial charge in [-0.3, -0.25) is 4.90 Å². The number of thiophene rings is 1. The van der Waals surface area contributed by atoms with E-state index < -0.39 is 0 Å². The predicted octanol–water partition coefficient (Wildman–Crippen LogP) is 3.32. The molecule has 1 saturated heterocycles. The van der Waals surface area contributed by atoms with E-state index in [9.17, 15) is 0 Å². The van der Waals surface area contributed by atoms with Crippen LogP contribution < -0.4 is 5.73 Å². The molecule has 2 heterocycles. The van der Waals surface area contributed by atoms with E-state index in [-0.39, 0.29) is 6.04 Å². The average Bonchev–Trinajstić information content (AvgIpc) is 3.21. The molecule has 1 saturated carbocycles. The van der Waals surface area contributed by atoms with Gasteiger partial charge in [0.05, 0.1) is 6.04 Å². The first-order chi connectivity index (χ1) is 10.2. The van der Waals surface area contributed by atoms with Gasteiger partial charge in [-0.15, -0.1) is 11.3 Å². The van der Waals surface area contributed by atoms with E-state index >= 15 is 0 Å². The van der Waals surface area contributed by atoms with E-state index in [1.807, 2.05) is 11.3 Å². The topological polar surface area (TPSA) is 32.5 Å². The average molecular weight is 372 g/mol. The molecule has 0 spiro atoms. The molecule has 1 aliphatic heterocycles. The van der Waals surface area contributed by atoms with Gasteiger partial charge < -0.3 is 10.6 Å². The summed E-state index contributed by atoms with van der Waals surface area (Å²) in [5.74, 6) is 0.999. The van der Waals surface area contributed by atoms with Crippen molar-refractivity contribution in [1.82, 2.24) is 9.80 Å². The Morgan fingerprint density at radius 3 is 2.57 bits per heavy atom.